The quantitative estimate of drug-likeness (QED) is 0.869. The summed E-state index contributed by atoms with van der Waals surface area (Å²) in [7, 11) is 0. The van der Waals surface area contributed by atoms with Gasteiger partial charge in [0.25, 0.3) is 5.91 Å². The Morgan fingerprint density at radius 2 is 1.95 bits per heavy atom. The van der Waals surface area contributed by atoms with Gasteiger partial charge in [0, 0.05) is 5.69 Å². The van der Waals surface area contributed by atoms with E-state index in [1.165, 1.54) is 0 Å². The molecule has 20 heavy (non-hydrogen) atoms. The van der Waals surface area contributed by atoms with E-state index in [2.05, 4.69) is 10.3 Å². The van der Waals surface area contributed by atoms with E-state index in [-0.39, 0.29) is 18.6 Å². The lowest BCUT2D eigenvalue weighted by Gasteiger charge is -2.16. The summed E-state index contributed by atoms with van der Waals surface area (Å²) >= 11 is 0. The van der Waals surface area contributed by atoms with Gasteiger partial charge in [-0.1, -0.05) is 36.4 Å². The van der Waals surface area contributed by atoms with Crippen LogP contribution in [-0.4, -0.2) is 28.6 Å². The fraction of sp³-hybridized carbons (Fsp3) is 0.250. The van der Waals surface area contributed by atoms with Crippen LogP contribution < -0.4 is 5.32 Å². The highest BCUT2D eigenvalue weighted by atomic mass is 16.3. The molecule has 1 atom stereocenters. The molecule has 104 valence electrons. The Kier molecular flexibility index (Phi) is 4.85. The summed E-state index contributed by atoms with van der Waals surface area (Å²) in [5, 5.41) is 12.2. The van der Waals surface area contributed by atoms with Gasteiger partial charge >= 0.3 is 0 Å². The highest BCUT2D eigenvalue weighted by Crippen LogP contribution is 2.04. The Morgan fingerprint density at radius 1 is 1.20 bits per heavy atom. The van der Waals surface area contributed by atoms with Crippen LogP contribution in [0.2, 0.25) is 0 Å². The Hall–Kier alpha value is -2.20. The van der Waals surface area contributed by atoms with Gasteiger partial charge in [0.15, 0.2) is 0 Å². The summed E-state index contributed by atoms with van der Waals surface area (Å²) in [5.41, 5.74) is 2.24. The van der Waals surface area contributed by atoms with Crippen molar-refractivity contribution < 1.29 is 9.90 Å². The second kappa shape index (κ2) is 6.82. The maximum absolute atomic E-state index is 12.1. The highest BCUT2D eigenvalue weighted by Gasteiger charge is 2.14. The lowest BCUT2D eigenvalue weighted by atomic mass is 10.1. The highest BCUT2D eigenvalue weighted by molar-refractivity contribution is 5.92. The van der Waals surface area contributed by atoms with Gasteiger partial charge in [-0.3, -0.25) is 4.79 Å². The number of aliphatic hydroxyl groups excluding tert-OH is 1. The second-order valence-electron chi connectivity index (χ2n) is 4.71. The first-order valence-corrected chi connectivity index (χ1v) is 6.58. The van der Waals surface area contributed by atoms with Crippen LogP contribution in [-0.2, 0) is 6.42 Å². The molecule has 0 bridgehead atoms. The predicted molar refractivity (Wildman–Crippen MR) is 77.5 cm³/mol. The van der Waals surface area contributed by atoms with Crippen LogP contribution in [0.1, 0.15) is 21.7 Å². The minimum atomic E-state index is -0.313. The van der Waals surface area contributed by atoms with E-state index in [0.717, 1.165) is 11.3 Å². The van der Waals surface area contributed by atoms with Crippen molar-refractivity contribution in [2.24, 2.45) is 0 Å². The Balaban J connectivity index is 2.01. The Labute approximate surface area is 118 Å². The number of rotatable bonds is 5. The van der Waals surface area contributed by atoms with Crippen LogP contribution in [0, 0.1) is 6.92 Å². The predicted octanol–water partition coefficient (Wildman–Crippen LogP) is 1.72. The minimum Gasteiger partial charge on any atom is -0.394 e. The molecule has 0 spiro atoms. The number of hydrogen-bond donors (Lipinski definition) is 2. The maximum Gasteiger partial charge on any atom is 0.270 e. The van der Waals surface area contributed by atoms with Crippen molar-refractivity contribution >= 4 is 5.91 Å². The molecule has 1 aromatic carbocycles. The zero-order valence-corrected chi connectivity index (χ0v) is 11.4. The van der Waals surface area contributed by atoms with Crippen molar-refractivity contribution in [2.75, 3.05) is 6.61 Å². The van der Waals surface area contributed by atoms with Crippen molar-refractivity contribution in [1.29, 1.82) is 0 Å². The topological polar surface area (TPSA) is 62.2 Å². The summed E-state index contributed by atoms with van der Waals surface area (Å²) in [6.07, 6.45) is 0.592. The number of nitrogens with one attached hydrogen (secondary N) is 1. The molecule has 0 saturated carbocycles. The van der Waals surface area contributed by atoms with Crippen LogP contribution in [0.25, 0.3) is 0 Å². The standard InChI is InChI=1S/C16H18N2O2/c1-12-6-5-9-15(17-12)16(20)18-14(11-19)10-13-7-3-2-4-8-13/h2-9,14,19H,10-11H2,1H3,(H,18,20)/t14-/m1/s1. The van der Waals surface area contributed by atoms with Crippen molar-refractivity contribution in [3.8, 4) is 0 Å². The van der Waals surface area contributed by atoms with Gasteiger partial charge in [0.2, 0.25) is 0 Å². The normalized spacial score (nSPS) is 11.9. The van der Waals surface area contributed by atoms with E-state index < -0.39 is 0 Å². The zero-order valence-electron chi connectivity index (χ0n) is 11.4. The van der Waals surface area contributed by atoms with Gasteiger partial charge in [-0.05, 0) is 31.0 Å². The third-order valence-corrected chi connectivity index (χ3v) is 3.00. The SMILES string of the molecule is Cc1cccc(C(=O)N[C@@H](CO)Cc2ccccc2)n1. The second-order valence-corrected chi connectivity index (χ2v) is 4.71. The van der Waals surface area contributed by atoms with Crippen LogP contribution in [0.15, 0.2) is 48.5 Å². The molecule has 1 amide bonds. The molecule has 4 heteroatoms. The Bertz CT molecular complexity index is 570. The van der Waals surface area contributed by atoms with Gasteiger partial charge < -0.3 is 10.4 Å². The molecule has 2 rings (SSSR count). The summed E-state index contributed by atoms with van der Waals surface area (Å²) in [4.78, 5) is 16.2. The number of aliphatic hydroxyl groups is 1. The van der Waals surface area contributed by atoms with E-state index in [4.69, 9.17) is 0 Å². The molecule has 2 N–H and O–H groups in total. The third kappa shape index (κ3) is 3.90. The fourth-order valence-electron chi connectivity index (χ4n) is 1.99. The van der Waals surface area contributed by atoms with Crippen molar-refractivity contribution in [3.63, 3.8) is 0 Å². The molecule has 2 aromatic rings. The average Bonchev–Trinajstić information content (AvgIpc) is 2.47. The molecule has 0 fully saturated rings. The number of nitrogens with zero attached hydrogens (tertiary/aromatic N) is 1. The summed E-state index contributed by atoms with van der Waals surface area (Å²) in [5.74, 6) is -0.260. The number of hydrogen-bond acceptors (Lipinski definition) is 3. The lowest BCUT2D eigenvalue weighted by molar-refractivity contribution is 0.0911. The van der Waals surface area contributed by atoms with Crippen LogP contribution in [0.5, 0.6) is 0 Å². The summed E-state index contributed by atoms with van der Waals surface area (Å²) in [6.45, 7) is 1.73. The van der Waals surface area contributed by atoms with Crippen molar-refractivity contribution in [3.05, 3.63) is 65.5 Å². The van der Waals surface area contributed by atoms with E-state index in [1.54, 1.807) is 12.1 Å². The largest absolute Gasteiger partial charge is 0.394 e. The molecule has 0 unspecified atom stereocenters. The molecule has 4 nitrogen and oxygen atoms in total. The number of pyridine rings is 1. The van der Waals surface area contributed by atoms with Crippen LogP contribution >= 0.6 is 0 Å². The number of benzene rings is 1. The third-order valence-electron chi connectivity index (χ3n) is 3.00. The zero-order chi connectivity index (χ0) is 14.4. The molecule has 0 radical (unpaired) electrons. The average molecular weight is 270 g/mol. The summed E-state index contributed by atoms with van der Waals surface area (Å²) < 4.78 is 0. The molecule has 0 aliphatic rings. The van der Waals surface area contributed by atoms with E-state index in [9.17, 15) is 9.90 Å². The van der Waals surface area contributed by atoms with Gasteiger partial charge in [0.1, 0.15) is 5.69 Å². The number of carbonyl (C=O) groups is 1. The van der Waals surface area contributed by atoms with Gasteiger partial charge in [-0.2, -0.15) is 0 Å². The first-order chi connectivity index (χ1) is 9.69. The Morgan fingerprint density at radius 3 is 2.60 bits per heavy atom. The monoisotopic (exact) mass is 270 g/mol. The van der Waals surface area contributed by atoms with E-state index in [1.807, 2.05) is 43.3 Å². The molecule has 1 aromatic heterocycles. The number of carbonyl (C=O) groups excluding carboxylic acids is 1. The number of amides is 1. The first-order valence-electron chi connectivity index (χ1n) is 6.58. The molecular weight excluding hydrogens is 252 g/mol. The molecule has 0 aliphatic carbocycles. The van der Waals surface area contributed by atoms with Crippen LogP contribution in [0.4, 0.5) is 0 Å². The number of aromatic nitrogens is 1. The van der Waals surface area contributed by atoms with Crippen molar-refractivity contribution in [2.45, 2.75) is 19.4 Å². The summed E-state index contributed by atoms with van der Waals surface area (Å²) in [6, 6.07) is 14.7. The molecule has 0 saturated heterocycles. The molecule has 0 aliphatic heterocycles. The van der Waals surface area contributed by atoms with Crippen LogP contribution in [0.3, 0.4) is 0 Å². The minimum absolute atomic E-state index is 0.105. The smallest absolute Gasteiger partial charge is 0.270 e. The van der Waals surface area contributed by atoms with Gasteiger partial charge in [0.05, 0.1) is 12.6 Å². The molecular formula is C16H18N2O2. The maximum atomic E-state index is 12.1. The fourth-order valence-corrected chi connectivity index (χ4v) is 1.99. The number of aryl methyl sites for hydroxylation is 1. The van der Waals surface area contributed by atoms with Gasteiger partial charge in [-0.15, -0.1) is 0 Å². The van der Waals surface area contributed by atoms with E-state index in [0.29, 0.717) is 12.1 Å². The van der Waals surface area contributed by atoms with Crippen molar-refractivity contribution in [1.82, 2.24) is 10.3 Å². The van der Waals surface area contributed by atoms with E-state index >= 15 is 0 Å². The first kappa shape index (κ1) is 14.2. The molecule has 1 heterocycles. The van der Waals surface area contributed by atoms with Gasteiger partial charge in [-0.25, -0.2) is 4.98 Å². The lowest BCUT2D eigenvalue weighted by Crippen LogP contribution is -2.39.